The Balaban J connectivity index is 2.26. The average Bonchev–Trinajstić information content (AvgIpc) is 2.79. The summed E-state index contributed by atoms with van der Waals surface area (Å²) in [5.41, 5.74) is 1.51. The van der Waals surface area contributed by atoms with E-state index in [0.717, 1.165) is 17.1 Å². The summed E-state index contributed by atoms with van der Waals surface area (Å²) in [5.74, 6) is 0.672. The topological polar surface area (TPSA) is 51.5 Å². The van der Waals surface area contributed by atoms with Gasteiger partial charge in [0, 0.05) is 5.56 Å². The van der Waals surface area contributed by atoms with Crippen LogP contribution >= 0.6 is 0 Å². The summed E-state index contributed by atoms with van der Waals surface area (Å²) >= 11 is 0. The zero-order valence-corrected chi connectivity index (χ0v) is 12.5. The SMILES string of the molecule is COC(=O)c1ccc(F)c(NC(C)c2cc(C)oc2C)c1. The van der Waals surface area contributed by atoms with Crippen molar-refractivity contribution in [3.8, 4) is 0 Å². The summed E-state index contributed by atoms with van der Waals surface area (Å²) in [6.45, 7) is 5.63. The van der Waals surface area contributed by atoms with Crippen LogP contribution < -0.4 is 5.32 Å². The number of halogens is 1. The van der Waals surface area contributed by atoms with Gasteiger partial charge in [0.2, 0.25) is 0 Å². The van der Waals surface area contributed by atoms with Crippen LogP contribution in [-0.4, -0.2) is 13.1 Å². The van der Waals surface area contributed by atoms with Gasteiger partial charge in [0.15, 0.2) is 0 Å². The van der Waals surface area contributed by atoms with E-state index < -0.39 is 11.8 Å². The van der Waals surface area contributed by atoms with Crippen LogP contribution in [0.4, 0.5) is 10.1 Å². The van der Waals surface area contributed by atoms with Crippen LogP contribution in [0.1, 0.15) is 40.4 Å². The van der Waals surface area contributed by atoms with Crippen molar-refractivity contribution in [1.29, 1.82) is 0 Å². The van der Waals surface area contributed by atoms with Crippen LogP contribution in [0.25, 0.3) is 0 Å². The van der Waals surface area contributed by atoms with Crippen molar-refractivity contribution in [3.63, 3.8) is 0 Å². The minimum absolute atomic E-state index is 0.148. The maximum Gasteiger partial charge on any atom is 0.337 e. The van der Waals surface area contributed by atoms with Crippen molar-refractivity contribution in [3.05, 3.63) is 52.7 Å². The molecule has 4 nitrogen and oxygen atoms in total. The van der Waals surface area contributed by atoms with Crippen molar-refractivity contribution >= 4 is 11.7 Å². The summed E-state index contributed by atoms with van der Waals surface area (Å²) in [7, 11) is 1.29. The van der Waals surface area contributed by atoms with Crippen molar-refractivity contribution < 1.29 is 18.3 Å². The second-order valence-corrected chi connectivity index (χ2v) is 4.92. The van der Waals surface area contributed by atoms with Crippen molar-refractivity contribution in [2.45, 2.75) is 26.8 Å². The third kappa shape index (κ3) is 3.24. The van der Waals surface area contributed by atoms with Gasteiger partial charge in [0.25, 0.3) is 0 Å². The zero-order chi connectivity index (χ0) is 15.6. The molecule has 1 aromatic heterocycles. The standard InChI is InChI=1S/C16H18FNO3/c1-9-7-13(11(3)21-9)10(2)18-15-8-12(16(19)20-4)5-6-14(15)17/h5-8,10,18H,1-4H3. The molecule has 0 aliphatic rings. The predicted octanol–water partition coefficient (Wildman–Crippen LogP) is 4.00. The van der Waals surface area contributed by atoms with E-state index >= 15 is 0 Å². The van der Waals surface area contributed by atoms with E-state index in [-0.39, 0.29) is 11.7 Å². The average molecular weight is 291 g/mol. The number of anilines is 1. The normalized spacial score (nSPS) is 12.0. The Morgan fingerprint density at radius 2 is 2.05 bits per heavy atom. The molecule has 1 atom stereocenters. The molecule has 5 heteroatoms. The second kappa shape index (κ2) is 5.99. The molecule has 0 aliphatic heterocycles. The number of furan rings is 1. The fraction of sp³-hybridized carbons (Fsp3) is 0.312. The molecule has 0 bridgehead atoms. The second-order valence-electron chi connectivity index (χ2n) is 4.92. The molecule has 21 heavy (non-hydrogen) atoms. The lowest BCUT2D eigenvalue weighted by molar-refractivity contribution is 0.0600. The lowest BCUT2D eigenvalue weighted by Crippen LogP contribution is -2.10. The zero-order valence-electron chi connectivity index (χ0n) is 12.5. The first kappa shape index (κ1) is 15.1. The number of aryl methyl sites for hydroxylation is 2. The first-order valence-electron chi connectivity index (χ1n) is 6.63. The van der Waals surface area contributed by atoms with Gasteiger partial charge in [-0.2, -0.15) is 0 Å². The Hall–Kier alpha value is -2.30. The first-order valence-corrected chi connectivity index (χ1v) is 6.63. The van der Waals surface area contributed by atoms with E-state index in [9.17, 15) is 9.18 Å². The van der Waals surface area contributed by atoms with E-state index in [1.807, 2.05) is 26.8 Å². The number of rotatable bonds is 4. The molecule has 1 heterocycles. The highest BCUT2D eigenvalue weighted by atomic mass is 19.1. The van der Waals surface area contributed by atoms with Gasteiger partial charge in [-0.3, -0.25) is 0 Å². The fourth-order valence-corrected chi connectivity index (χ4v) is 2.27. The van der Waals surface area contributed by atoms with Crippen LogP contribution in [0.2, 0.25) is 0 Å². The molecule has 0 spiro atoms. The first-order chi connectivity index (χ1) is 9.92. The van der Waals surface area contributed by atoms with Crippen LogP contribution in [0.5, 0.6) is 0 Å². The molecule has 0 fully saturated rings. The molecule has 0 radical (unpaired) electrons. The van der Waals surface area contributed by atoms with E-state index in [1.165, 1.54) is 25.3 Å². The summed E-state index contributed by atoms with van der Waals surface area (Å²) in [6, 6.07) is 5.85. The van der Waals surface area contributed by atoms with Gasteiger partial charge in [-0.05, 0) is 45.0 Å². The summed E-state index contributed by atoms with van der Waals surface area (Å²) in [4.78, 5) is 11.5. The number of hydrogen-bond acceptors (Lipinski definition) is 4. The summed E-state index contributed by atoms with van der Waals surface area (Å²) < 4.78 is 24.0. The molecule has 0 aliphatic carbocycles. The summed E-state index contributed by atoms with van der Waals surface area (Å²) in [5, 5.41) is 3.06. The predicted molar refractivity (Wildman–Crippen MR) is 78.0 cm³/mol. The highest BCUT2D eigenvalue weighted by molar-refractivity contribution is 5.90. The van der Waals surface area contributed by atoms with Gasteiger partial charge >= 0.3 is 5.97 Å². The van der Waals surface area contributed by atoms with Gasteiger partial charge in [-0.25, -0.2) is 9.18 Å². The van der Waals surface area contributed by atoms with Gasteiger partial charge in [-0.15, -0.1) is 0 Å². The number of carbonyl (C=O) groups is 1. The Kier molecular flexibility index (Phi) is 4.31. The van der Waals surface area contributed by atoms with Crippen molar-refractivity contribution in [2.75, 3.05) is 12.4 Å². The van der Waals surface area contributed by atoms with Gasteiger partial charge in [0.05, 0.1) is 24.4 Å². The molecule has 0 amide bonds. The van der Waals surface area contributed by atoms with Crippen molar-refractivity contribution in [1.82, 2.24) is 0 Å². The van der Waals surface area contributed by atoms with E-state index in [0.29, 0.717) is 5.56 Å². The van der Waals surface area contributed by atoms with E-state index in [4.69, 9.17) is 4.42 Å². The van der Waals surface area contributed by atoms with Crippen LogP contribution in [0, 0.1) is 19.7 Å². The molecule has 1 unspecified atom stereocenters. The molecule has 1 N–H and O–H groups in total. The Bertz CT molecular complexity index is 664. The number of nitrogens with one attached hydrogen (secondary N) is 1. The number of methoxy groups -OCH3 is 1. The smallest absolute Gasteiger partial charge is 0.337 e. The third-order valence-corrected chi connectivity index (χ3v) is 3.31. The van der Waals surface area contributed by atoms with E-state index in [1.54, 1.807) is 0 Å². The maximum atomic E-state index is 13.9. The number of carbonyl (C=O) groups excluding carboxylic acids is 1. The molecule has 112 valence electrons. The largest absolute Gasteiger partial charge is 0.466 e. The monoisotopic (exact) mass is 291 g/mol. The number of hydrogen-bond donors (Lipinski definition) is 1. The maximum absolute atomic E-state index is 13.9. The Morgan fingerprint density at radius 1 is 1.33 bits per heavy atom. The molecular weight excluding hydrogens is 273 g/mol. The minimum Gasteiger partial charge on any atom is -0.466 e. The van der Waals surface area contributed by atoms with Crippen LogP contribution in [-0.2, 0) is 4.74 Å². The highest BCUT2D eigenvalue weighted by Crippen LogP contribution is 2.26. The molecule has 2 aromatic rings. The van der Waals surface area contributed by atoms with Gasteiger partial charge < -0.3 is 14.5 Å². The minimum atomic E-state index is -0.499. The molecule has 0 saturated heterocycles. The summed E-state index contributed by atoms with van der Waals surface area (Å²) in [6.07, 6.45) is 0. The molecular formula is C16H18FNO3. The van der Waals surface area contributed by atoms with Gasteiger partial charge in [0.1, 0.15) is 17.3 Å². The molecule has 1 aromatic carbocycles. The fourth-order valence-electron chi connectivity index (χ4n) is 2.27. The number of benzene rings is 1. The van der Waals surface area contributed by atoms with Gasteiger partial charge in [-0.1, -0.05) is 0 Å². The van der Waals surface area contributed by atoms with Crippen LogP contribution in [0.15, 0.2) is 28.7 Å². The lowest BCUT2D eigenvalue weighted by Gasteiger charge is -2.16. The Morgan fingerprint density at radius 3 is 2.62 bits per heavy atom. The number of esters is 1. The van der Waals surface area contributed by atoms with E-state index in [2.05, 4.69) is 10.1 Å². The quantitative estimate of drug-likeness (QED) is 0.865. The number of ether oxygens (including phenoxy) is 1. The van der Waals surface area contributed by atoms with Crippen LogP contribution in [0.3, 0.4) is 0 Å². The van der Waals surface area contributed by atoms with Crippen molar-refractivity contribution in [2.24, 2.45) is 0 Å². The highest BCUT2D eigenvalue weighted by Gasteiger charge is 2.16. The Labute approximate surface area is 122 Å². The lowest BCUT2D eigenvalue weighted by atomic mass is 10.1. The third-order valence-electron chi connectivity index (χ3n) is 3.31. The molecule has 2 rings (SSSR count). The molecule has 0 saturated carbocycles.